The summed E-state index contributed by atoms with van der Waals surface area (Å²) in [7, 11) is 0. The summed E-state index contributed by atoms with van der Waals surface area (Å²) >= 11 is 6.33. The number of hydrogen-bond donors (Lipinski definition) is 2. The van der Waals surface area contributed by atoms with Gasteiger partial charge in [-0.15, -0.1) is 11.6 Å². The van der Waals surface area contributed by atoms with Crippen molar-refractivity contribution in [2.45, 2.75) is 48.9 Å². The molecule has 1 fully saturated rings. The molecule has 2 heterocycles. The largest absolute Gasteiger partial charge is 0.468 e. The highest BCUT2D eigenvalue weighted by atomic mass is 35.5. The van der Waals surface area contributed by atoms with Crippen LogP contribution in [0.3, 0.4) is 0 Å². The predicted molar refractivity (Wildman–Crippen MR) is 126 cm³/mol. The van der Waals surface area contributed by atoms with Crippen LogP contribution >= 0.6 is 11.6 Å². The molecule has 0 spiro atoms. The number of nitrogens with one attached hydrogen (secondary N) is 1. The van der Waals surface area contributed by atoms with E-state index in [9.17, 15) is 23.1 Å². The van der Waals surface area contributed by atoms with Crippen molar-refractivity contribution in [2.75, 3.05) is 26.2 Å². The summed E-state index contributed by atoms with van der Waals surface area (Å²) in [6.45, 7) is -0.0684. The van der Waals surface area contributed by atoms with E-state index in [1.165, 1.54) is 6.07 Å². The molecule has 0 bridgehead atoms. The third-order valence-corrected chi connectivity index (χ3v) is 7.29. The highest BCUT2D eigenvalue weighted by molar-refractivity contribution is 6.21. The maximum absolute atomic E-state index is 15.4. The zero-order valence-corrected chi connectivity index (χ0v) is 20.5. The zero-order chi connectivity index (χ0) is 26.8. The molecule has 1 saturated heterocycles. The fraction of sp³-hybridized carbons (Fsp3) is 0.520. The minimum atomic E-state index is -4.54. The second-order valence-corrected chi connectivity index (χ2v) is 9.87. The van der Waals surface area contributed by atoms with Gasteiger partial charge in [-0.25, -0.2) is 4.98 Å². The number of amides is 1. The minimum absolute atomic E-state index is 0.0621. The number of benzene rings is 1. The molecule has 37 heavy (non-hydrogen) atoms. The Morgan fingerprint density at radius 1 is 1.16 bits per heavy atom. The van der Waals surface area contributed by atoms with E-state index in [0.29, 0.717) is 24.2 Å². The first kappa shape index (κ1) is 27.5. The number of likely N-dealkylation sites (tertiary alicyclic amines) is 1. The molecule has 2 aliphatic rings. The van der Waals surface area contributed by atoms with Crippen LogP contribution in [0.15, 0.2) is 42.6 Å². The van der Waals surface area contributed by atoms with Crippen molar-refractivity contribution in [2.24, 2.45) is 5.92 Å². The Bertz CT molecular complexity index is 1080. The summed E-state index contributed by atoms with van der Waals surface area (Å²) in [4.78, 5) is 18.6. The second kappa shape index (κ2) is 11.1. The van der Waals surface area contributed by atoms with Gasteiger partial charge < -0.3 is 20.1 Å². The number of rotatable bonds is 9. The van der Waals surface area contributed by atoms with Crippen molar-refractivity contribution < 1.29 is 36.6 Å². The van der Waals surface area contributed by atoms with Crippen LogP contribution in [0.4, 0.5) is 22.0 Å². The van der Waals surface area contributed by atoms with Crippen LogP contribution in [-0.2, 0) is 11.2 Å². The van der Waals surface area contributed by atoms with Gasteiger partial charge in [0.15, 0.2) is 6.61 Å². The number of aromatic nitrogens is 1. The summed E-state index contributed by atoms with van der Waals surface area (Å²) in [6.07, 6.45) is -3.16. The minimum Gasteiger partial charge on any atom is -0.468 e. The summed E-state index contributed by atoms with van der Waals surface area (Å²) in [6, 6.07) is 8.08. The number of ether oxygens (including phenoxy) is 1. The van der Waals surface area contributed by atoms with E-state index in [0.717, 1.165) is 25.1 Å². The van der Waals surface area contributed by atoms with E-state index in [4.69, 9.17) is 11.6 Å². The molecule has 4 rings (SSSR count). The Balaban J connectivity index is 1.48. The monoisotopic (exact) mass is 547 g/mol. The molecule has 1 aromatic heterocycles. The highest BCUT2D eigenvalue weighted by Crippen LogP contribution is 2.48. The number of halogens is 6. The van der Waals surface area contributed by atoms with Crippen LogP contribution in [-0.4, -0.2) is 65.3 Å². The lowest BCUT2D eigenvalue weighted by molar-refractivity contribution is -0.155. The molecule has 1 aliphatic carbocycles. The number of carbonyl (C=O) groups is 1. The van der Waals surface area contributed by atoms with Gasteiger partial charge in [-0.3, -0.25) is 4.79 Å². The summed E-state index contributed by atoms with van der Waals surface area (Å²) in [5.41, 5.74) is 1.36. The van der Waals surface area contributed by atoms with Crippen molar-refractivity contribution in [3.05, 3.63) is 59.3 Å². The normalized spacial score (nSPS) is 21.9. The SMILES string of the molecule is O=C(NC(CN1CCCC1)C(O)c1ccc(OCC(F)(F)F)nc1)C(F)(F)C1Cc2ccccc2C1Cl. The molecular weight excluding hydrogens is 521 g/mol. The van der Waals surface area contributed by atoms with Gasteiger partial charge in [-0.05, 0) is 49.5 Å². The molecule has 1 aliphatic heterocycles. The Morgan fingerprint density at radius 2 is 1.86 bits per heavy atom. The lowest BCUT2D eigenvalue weighted by Gasteiger charge is -2.31. The Labute approximate surface area is 215 Å². The van der Waals surface area contributed by atoms with Gasteiger partial charge in [0.05, 0.1) is 17.3 Å². The van der Waals surface area contributed by atoms with Gasteiger partial charge >= 0.3 is 12.1 Å². The Morgan fingerprint density at radius 3 is 2.49 bits per heavy atom. The maximum Gasteiger partial charge on any atom is 0.422 e. The highest BCUT2D eigenvalue weighted by Gasteiger charge is 2.54. The van der Waals surface area contributed by atoms with Crippen LogP contribution in [0.25, 0.3) is 0 Å². The first-order valence-corrected chi connectivity index (χ1v) is 12.4. The molecule has 0 radical (unpaired) electrons. The molecule has 1 aromatic carbocycles. The molecule has 4 unspecified atom stereocenters. The fourth-order valence-corrected chi connectivity index (χ4v) is 5.26. The molecule has 6 nitrogen and oxygen atoms in total. The quantitative estimate of drug-likeness (QED) is 0.359. The van der Waals surface area contributed by atoms with Gasteiger partial charge in [-0.2, -0.15) is 22.0 Å². The van der Waals surface area contributed by atoms with Crippen LogP contribution < -0.4 is 10.1 Å². The predicted octanol–water partition coefficient (Wildman–Crippen LogP) is 4.42. The molecule has 2 aromatic rings. The van der Waals surface area contributed by atoms with E-state index in [-0.39, 0.29) is 24.4 Å². The van der Waals surface area contributed by atoms with Gasteiger partial charge in [0.2, 0.25) is 5.88 Å². The molecule has 2 N–H and O–H groups in total. The maximum atomic E-state index is 15.4. The third kappa shape index (κ3) is 6.50. The van der Waals surface area contributed by atoms with Crippen LogP contribution in [0.5, 0.6) is 5.88 Å². The molecule has 202 valence electrons. The molecule has 4 atom stereocenters. The second-order valence-electron chi connectivity index (χ2n) is 9.40. The molecule has 1 amide bonds. The number of carbonyl (C=O) groups excluding carboxylic acids is 1. The molecule has 0 saturated carbocycles. The lowest BCUT2D eigenvalue weighted by Crippen LogP contribution is -2.54. The van der Waals surface area contributed by atoms with E-state index in [1.54, 1.807) is 24.3 Å². The first-order valence-electron chi connectivity index (χ1n) is 11.9. The average molecular weight is 548 g/mol. The molecule has 12 heteroatoms. The number of fused-ring (bicyclic) bond motifs is 1. The summed E-state index contributed by atoms with van der Waals surface area (Å²) in [5.74, 6) is -7.13. The van der Waals surface area contributed by atoms with Crippen LogP contribution in [0.2, 0.25) is 0 Å². The van der Waals surface area contributed by atoms with E-state index in [2.05, 4.69) is 15.0 Å². The number of aliphatic hydroxyl groups is 1. The summed E-state index contributed by atoms with van der Waals surface area (Å²) in [5, 5.41) is 12.3. The van der Waals surface area contributed by atoms with Crippen molar-refractivity contribution in [3.63, 3.8) is 0 Å². The van der Waals surface area contributed by atoms with Crippen molar-refractivity contribution in [1.29, 1.82) is 0 Å². The van der Waals surface area contributed by atoms with Crippen LogP contribution in [0, 0.1) is 5.92 Å². The van der Waals surface area contributed by atoms with Gasteiger partial charge in [0.1, 0.15) is 6.10 Å². The average Bonchev–Trinajstić information content (AvgIpc) is 3.50. The van der Waals surface area contributed by atoms with Crippen molar-refractivity contribution in [3.8, 4) is 5.88 Å². The van der Waals surface area contributed by atoms with E-state index >= 15 is 8.78 Å². The number of aliphatic hydroxyl groups excluding tert-OH is 1. The van der Waals surface area contributed by atoms with Gasteiger partial charge in [0.25, 0.3) is 5.91 Å². The Hall–Kier alpha value is -2.50. The van der Waals surface area contributed by atoms with Crippen molar-refractivity contribution in [1.82, 2.24) is 15.2 Å². The Kier molecular flexibility index (Phi) is 8.25. The third-order valence-electron chi connectivity index (χ3n) is 6.75. The number of alkyl halides is 6. The fourth-order valence-electron chi connectivity index (χ4n) is 4.80. The zero-order valence-electron chi connectivity index (χ0n) is 19.7. The summed E-state index contributed by atoms with van der Waals surface area (Å²) < 4.78 is 72.5. The topological polar surface area (TPSA) is 74.7 Å². The van der Waals surface area contributed by atoms with E-state index in [1.807, 2.05) is 4.90 Å². The molecular formula is C25H27ClF5N3O3. The van der Waals surface area contributed by atoms with Crippen molar-refractivity contribution >= 4 is 17.5 Å². The van der Waals surface area contributed by atoms with Gasteiger partial charge in [0, 0.05) is 24.4 Å². The van der Waals surface area contributed by atoms with Crippen LogP contribution in [0.1, 0.15) is 41.0 Å². The smallest absolute Gasteiger partial charge is 0.422 e. The van der Waals surface area contributed by atoms with Gasteiger partial charge in [-0.1, -0.05) is 24.3 Å². The number of hydrogen-bond acceptors (Lipinski definition) is 5. The first-order chi connectivity index (χ1) is 17.5. The standard InChI is InChI=1S/C25H27ClF5N3O3/c26-21-17-6-2-1-5-15(17)11-18(21)25(30,31)23(36)33-19(13-34-9-3-4-10-34)22(35)16-7-8-20(32-12-16)37-14-24(27,28)29/h1-2,5-8,12,18-19,21-22,35H,3-4,9-11,13-14H2,(H,33,36). The number of nitrogens with zero attached hydrogens (tertiary/aromatic N) is 2. The number of pyridine rings is 1. The van der Waals surface area contributed by atoms with E-state index < -0.39 is 48.1 Å². The lowest BCUT2D eigenvalue weighted by atomic mass is 9.95.